The van der Waals surface area contributed by atoms with Gasteiger partial charge in [0.2, 0.25) is 11.6 Å². The second-order valence-corrected chi connectivity index (χ2v) is 7.18. The zero-order chi connectivity index (χ0) is 20.3. The Morgan fingerprint density at radius 1 is 1.07 bits per heavy atom. The Balaban J connectivity index is 1.65. The number of hydrogen-bond donors (Lipinski definition) is 1. The first-order chi connectivity index (χ1) is 14.8. The van der Waals surface area contributed by atoms with Crippen LogP contribution in [-0.2, 0) is 4.74 Å². The summed E-state index contributed by atoms with van der Waals surface area (Å²) in [6.07, 6.45) is 5.62. The Hall–Kier alpha value is -3.45. The Morgan fingerprint density at radius 2 is 1.97 bits per heavy atom. The van der Waals surface area contributed by atoms with Gasteiger partial charge in [-0.05, 0) is 24.5 Å². The highest BCUT2D eigenvalue weighted by molar-refractivity contribution is 6.05. The van der Waals surface area contributed by atoms with Crippen molar-refractivity contribution >= 4 is 16.9 Å². The number of ether oxygens (including phenoxy) is 2. The summed E-state index contributed by atoms with van der Waals surface area (Å²) in [6, 6.07) is 13.9. The zero-order valence-corrected chi connectivity index (χ0v) is 16.7. The van der Waals surface area contributed by atoms with Gasteiger partial charge < -0.3 is 19.2 Å². The van der Waals surface area contributed by atoms with Crippen LogP contribution in [0.1, 0.15) is 12.8 Å². The molecule has 4 aromatic rings. The van der Waals surface area contributed by atoms with E-state index < -0.39 is 0 Å². The molecule has 5 rings (SSSR count). The standard InChI is InChI=1S/C23H22N4O3/c1-28-18-10-9-16(12-24-18)21-19(15-6-3-2-4-7-15)20-22(26-14-27-23(20)30-21)25-13-17-8-5-11-29-17/h2-4,6-7,9-10,12,14,17H,5,8,11,13H2,1H3,(H,25,26,27)/t17-/m0/s1. The van der Waals surface area contributed by atoms with E-state index in [4.69, 9.17) is 13.9 Å². The number of nitrogens with one attached hydrogen (secondary N) is 1. The summed E-state index contributed by atoms with van der Waals surface area (Å²) < 4.78 is 17.2. The first kappa shape index (κ1) is 18.6. The molecule has 0 radical (unpaired) electrons. The van der Waals surface area contributed by atoms with E-state index in [9.17, 15) is 0 Å². The van der Waals surface area contributed by atoms with E-state index >= 15 is 0 Å². The third-order valence-corrected chi connectivity index (χ3v) is 5.28. The minimum absolute atomic E-state index is 0.201. The summed E-state index contributed by atoms with van der Waals surface area (Å²) in [4.78, 5) is 13.2. The predicted octanol–water partition coefficient (Wildman–Crippen LogP) is 4.55. The monoisotopic (exact) mass is 402 g/mol. The maximum Gasteiger partial charge on any atom is 0.232 e. The van der Waals surface area contributed by atoms with Crippen molar-refractivity contribution < 1.29 is 13.9 Å². The predicted molar refractivity (Wildman–Crippen MR) is 114 cm³/mol. The number of furan rings is 1. The topological polar surface area (TPSA) is 82.3 Å². The molecule has 0 amide bonds. The van der Waals surface area contributed by atoms with Gasteiger partial charge in [0.25, 0.3) is 0 Å². The zero-order valence-electron chi connectivity index (χ0n) is 16.7. The summed E-state index contributed by atoms with van der Waals surface area (Å²) in [7, 11) is 1.60. The molecular weight excluding hydrogens is 380 g/mol. The summed E-state index contributed by atoms with van der Waals surface area (Å²) in [5.74, 6) is 1.99. The Labute approximate surface area is 174 Å². The molecule has 0 aliphatic carbocycles. The Morgan fingerprint density at radius 3 is 2.70 bits per heavy atom. The molecule has 1 saturated heterocycles. The number of pyridine rings is 1. The summed E-state index contributed by atoms with van der Waals surface area (Å²) in [5, 5.41) is 4.31. The van der Waals surface area contributed by atoms with Gasteiger partial charge in [0.05, 0.1) is 18.6 Å². The average Bonchev–Trinajstić information content (AvgIpc) is 3.46. The highest BCUT2D eigenvalue weighted by Crippen LogP contribution is 2.42. The van der Waals surface area contributed by atoms with Crippen molar-refractivity contribution in [3.63, 3.8) is 0 Å². The fraction of sp³-hybridized carbons (Fsp3) is 0.261. The SMILES string of the molecule is COc1ccc(-c2oc3ncnc(NC[C@@H]4CCCO4)c3c2-c2ccccc2)cn1. The quantitative estimate of drug-likeness (QED) is 0.506. The highest BCUT2D eigenvalue weighted by atomic mass is 16.5. The summed E-state index contributed by atoms with van der Waals surface area (Å²) >= 11 is 0. The molecule has 7 nitrogen and oxygen atoms in total. The number of aromatic nitrogens is 3. The normalized spacial score (nSPS) is 16.1. The van der Waals surface area contributed by atoms with Crippen molar-refractivity contribution in [3.05, 3.63) is 55.0 Å². The molecule has 3 aromatic heterocycles. The van der Waals surface area contributed by atoms with Crippen molar-refractivity contribution in [2.75, 3.05) is 25.6 Å². The van der Waals surface area contributed by atoms with Crippen LogP contribution in [0.15, 0.2) is 59.4 Å². The van der Waals surface area contributed by atoms with Crippen molar-refractivity contribution in [2.24, 2.45) is 0 Å². The number of hydrogen-bond acceptors (Lipinski definition) is 7. The lowest BCUT2D eigenvalue weighted by molar-refractivity contribution is 0.120. The number of benzene rings is 1. The largest absolute Gasteiger partial charge is 0.481 e. The van der Waals surface area contributed by atoms with Crippen LogP contribution in [0.2, 0.25) is 0 Å². The van der Waals surface area contributed by atoms with Gasteiger partial charge in [0.15, 0.2) is 0 Å². The van der Waals surface area contributed by atoms with Crippen LogP contribution in [0.3, 0.4) is 0 Å². The molecule has 0 saturated carbocycles. The van der Waals surface area contributed by atoms with Gasteiger partial charge in [0, 0.05) is 36.5 Å². The number of anilines is 1. The molecule has 0 bridgehead atoms. The number of rotatable bonds is 6. The molecule has 0 spiro atoms. The van der Waals surface area contributed by atoms with Gasteiger partial charge in [0.1, 0.15) is 17.9 Å². The van der Waals surface area contributed by atoms with Gasteiger partial charge in [-0.2, -0.15) is 0 Å². The van der Waals surface area contributed by atoms with E-state index in [2.05, 4.69) is 32.4 Å². The fourth-order valence-corrected chi connectivity index (χ4v) is 3.80. The van der Waals surface area contributed by atoms with E-state index in [0.717, 1.165) is 47.3 Å². The van der Waals surface area contributed by atoms with Gasteiger partial charge in [-0.3, -0.25) is 0 Å². The maximum atomic E-state index is 6.22. The molecule has 1 N–H and O–H groups in total. The Kier molecular flexibility index (Phi) is 5.03. The minimum Gasteiger partial charge on any atom is -0.481 e. The Bertz CT molecular complexity index is 1140. The molecule has 0 unspecified atom stereocenters. The molecule has 1 atom stereocenters. The van der Waals surface area contributed by atoms with E-state index in [1.807, 2.05) is 30.3 Å². The summed E-state index contributed by atoms with van der Waals surface area (Å²) in [5.41, 5.74) is 3.34. The first-order valence-corrected chi connectivity index (χ1v) is 10.0. The van der Waals surface area contributed by atoms with Crippen LogP contribution in [0.25, 0.3) is 33.6 Å². The van der Waals surface area contributed by atoms with Gasteiger partial charge in [-0.15, -0.1) is 0 Å². The van der Waals surface area contributed by atoms with Crippen LogP contribution in [-0.4, -0.2) is 41.3 Å². The second-order valence-electron chi connectivity index (χ2n) is 7.18. The van der Waals surface area contributed by atoms with E-state index in [1.54, 1.807) is 13.3 Å². The van der Waals surface area contributed by atoms with E-state index in [0.29, 0.717) is 23.9 Å². The molecule has 152 valence electrons. The molecule has 7 heteroatoms. The van der Waals surface area contributed by atoms with Crippen molar-refractivity contribution in [2.45, 2.75) is 18.9 Å². The molecule has 4 heterocycles. The van der Waals surface area contributed by atoms with Gasteiger partial charge in [-0.25, -0.2) is 15.0 Å². The molecule has 30 heavy (non-hydrogen) atoms. The lowest BCUT2D eigenvalue weighted by atomic mass is 10.00. The number of nitrogens with zero attached hydrogens (tertiary/aromatic N) is 3. The van der Waals surface area contributed by atoms with Crippen molar-refractivity contribution in [3.8, 4) is 28.3 Å². The first-order valence-electron chi connectivity index (χ1n) is 10.0. The smallest absolute Gasteiger partial charge is 0.232 e. The fourth-order valence-electron chi connectivity index (χ4n) is 3.80. The second kappa shape index (κ2) is 8.12. The van der Waals surface area contributed by atoms with Crippen LogP contribution in [0.5, 0.6) is 5.88 Å². The summed E-state index contributed by atoms with van der Waals surface area (Å²) in [6.45, 7) is 1.52. The van der Waals surface area contributed by atoms with Crippen molar-refractivity contribution in [1.29, 1.82) is 0 Å². The maximum absolute atomic E-state index is 6.22. The molecule has 1 fully saturated rings. The van der Waals surface area contributed by atoms with E-state index in [1.165, 1.54) is 6.33 Å². The van der Waals surface area contributed by atoms with Crippen LogP contribution in [0, 0.1) is 0 Å². The van der Waals surface area contributed by atoms with Gasteiger partial charge in [-0.1, -0.05) is 30.3 Å². The lowest BCUT2D eigenvalue weighted by Gasteiger charge is -2.12. The third kappa shape index (κ3) is 3.48. The lowest BCUT2D eigenvalue weighted by Crippen LogP contribution is -2.19. The van der Waals surface area contributed by atoms with Crippen LogP contribution in [0.4, 0.5) is 5.82 Å². The molecule has 1 aliphatic heterocycles. The molecule has 1 aromatic carbocycles. The average molecular weight is 402 g/mol. The molecule has 1 aliphatic rings. The van der Waals surface area contributed by atoms with Crippen LogP contribution < -0.4 is 10.1 Å². The van der Waals surface area contributed by atoms with Gasteiger partial charge >= 0.3 is 0 Å². The van der Waals surface area contributed by atoms with Crippen molar-refractivity contribution in [1.82, 2.24) is 15.0 Å². The highest BCUT2D eigenvalue weighted by Gasteiger charge is 2.23. The minimum atomic E-state index is 0.201. The number of methoxy groups -OCH3 is 1. The van der Waals surface area contributed by atoms with Crippen LogP contribution >= 0.6 is 0 Å². The van der Waals surface area contributed by atoms with E-state index in [-0.39, 0.29) is 6.10 Å². The third-order valence-electron chi connectivity index (χ3n) is 5.28. The molecular formula is C23H22N4O3. The number of fused-ring (bicyclic) bond motifs is 1.